The number of ether oxygens (including phenoxy) is 1. The van der Waals surface area contributed by atoms with Crippen LogP contribution in [0, 0.1) is 13.8 Å². The summed E-state index contributed by atoms with van der Waals surface area (Å²) in [4.78, 5) is 1.31. The molecule has 0 unspecified atom stereocenters. The third kappa shape index (κ3) is 4.46. The number of aryl methyl sites for hydroxylation is 2. The van der Waals surface area contributed by atoms with E-state index in [0.717, 1.165) is 16.1 Å². The molecular formula is C18H19N3O3S2. The highest BCUT2D eigenvalue weighted by molar-refractivity contribution is 7.89. The van der Waals surface area contributed by atoms with Crippen molar-refractivity contribution in [3.8, 4) is 16.5 Å². The number of hydrogen-bond acceptors (Lipinski definition) is 6. The van der Waals surface area contributed by atoms with Crippen LogP contribution < -0.4 is 9.46 Å². The zero-order chi connectivity index (χ0) is 18.6. The number of sulfonamides is 1. The maximum absolute atomic E-state index is 12.4. The van der Waals surface area contributed by atoms with Crippen molar-refractivity contribution >= 4 is 21.4 Å². The molecule has 8 heteroatoms. The van der Waals surface area contributed by atoms with Gasteiger partial charge in [0.25, 0.3) is 0 Å². The summed E-state index contributed by atoms with van der Waals surface area (Å²) in [5, 5.41) is 10.1. The second kappa shape index (κ2) is 7.94. The van der Waals surface area contributed by atoms with Gasteiger partial charge in [-0.05, 0) is 43.0 Å². The molecule has 3 aromatic rings. The van der Waals surface area contributed by atoms with Crippen molar-refractivity contribution < 1.29 is 13.2 Å². The van der Waals surface area contributed by atoms with Crippen LogP contribution in [0.1, 0.15) is 11.1 Å². The van der Waals surface area contributed by atoms with E-state index in [9.17, 15) is 8.42 Å². The Morgan fingerprint density at radius 2 is 1.96 bits per heavy atom. The first-order valence-electron chi connectivity index (χ1n) is 8.03. The van der Waals surface area contributed by atoms with Crippen LogP contribution in [0.2, 0.25) is 0 Å². The van der Waals surface area contributed by atoms with Crippen LogP contribution in [0.15, 0.2) is 52.7 Å². The summed E-state index contributed by atoms with van der Waals surface area (Å²) in [5.41, 5.74) is 2.52. The van der Waals surface area contributed by atoms with Gasteiger partial charge >= 0.3 is 0 Å². The van der Waals surface area contributed by atoms with Gasteiger partial charge in [0.2, 0.25) is 15.9 Å². The van der Waals surface area contributed by atoms with Crippen molar-refractivity contribution in [2.75, 3.05) is 13.2 Å². The van der Waals surface area contributed by atoms with Crippen LogP contribution in [-0.2, 0) is 10.0 Å². The van der Waals surface area contributed by atoms with Crippen LogP contribution >= 0.6 is 11.3 Å². The molecule has 1 aromatic carbocycles. The Bertz CT molecular complexity index is 969. The SMILES string of the molecule is Cc1ccc(S(=O)(=O)NCCOc2ccc(-c3cccs3)nn2)c(C)c1. The molecule has 136 valence electrons. The third-order valence-corrected chi connectivity index (χ3v) is 6.19. The predicted molar refractivity (Wildman–Crippen MR) is 102 cm³/mol. The lowest BCUT2D eigenvalue weighted by Gasteiger charge is -2.10. The smallest absolute Gasteiger partial charge is 0.240 e. The first-order valence-corrected chi connectivity index (χ1v) is 10.4. The Morgan fingerprint density at radius 3 is 2.62 bits per heavy atom. The average molecular weight is 390 g/mol. The minimum absolute atomic E-state index is 0.143. The summed E-state index contributed by atoms with van der Waals surface area (Å²) < 4.78 is 32.7. The number of nitrogens with one attached hydrogen (secondary N) is 1. The molecule has 2 aromatic heterocycles. The summed E-state index contributed by atoms with van der Waals surface area (Å²) in [6, 6.07) is 12.7. The first kappa shape index (κ1) is 18.5. The molecule has 0 saturated heterocycles. The van der Waals surface area contributed by atoms with Gasteiger partial charge in [0.15, 0.2) is 0 Å². The summed E-state index contributed by atoms with van der Waals surface area (Å²) in [6.45, 7) is 4.01. The fraction of sp³-hybridized carbons (Fsp3) is 0.222. The van der Waals surface area contributed by atoms with E-state index in [0.29, 0.717) is 11.4 Å². The zero-order valence-corrected chi connectivity index (χ0v) is 16.1. The maximum Gasteiger partial charge on any atom is 0.240 e. The maximum atomic E-state index is 12.4. The molecule has 0 amide bonds. The average Bonchev–Trinajstić information content (AvgIpc) is 3.13. The van der Waals surface area contributed by atoms with Gasteiger partial charge in [-0.1, -0.05) is 23.8 Å². The number of hydrogen-bond donors (Lipinski definition) is 1. The Kier molecular flexibility index (Phi) is 5.65. The molecule has 0 saturated carbocycles. The molecule has 0 aliphatic carbocycles. The van der Waals surface area contributed by atoms with E-state index in [2.05, 4.69) is 14.9 Å². The van der Waals surface area contributed by atoms with E-state index in [1.165, 1.54) is 0 Å². The highest BCUT2D eigenvalue weighted by Gasteiger charge is 2.16. The van der Waals surface area contributed by atoms with Crippen molar-refractivity contribution in [1.82, 2.24) is 14.9 Å². The van der Waals surface area contributed by atoms with E-state index >= 15 is 0 Å². The Hall–Kier alpha value is -2.29. The highest BCUT2D eigenvalue weighted by Crippen LogP contribution is 2.22. The largest absolute Gasteiger partial charge is 0.475 e. The van der Waals surface area contributed by atoms with Crippen molar-refractivity contribution in [3.05, 3.63) is 59.0 Å². The second-order valence-electron chi connectivity index (χ2n) is 5.75. The normalized spacial score (nSPS) is 11.5. The minimum Gasteiger partial charge on any atom is -0.475 e. The van der Waals surface area contributed by atoms with Crippen LogP contribution in [-0.4, -0.2) is 31.8 Å². The summed E-state index contributed by atoms with van der Waals surface area (Å²) in [7, 11) is -3.56. The van der Waals surface area contributed by atoms with Crippen LogP contribution in [0.3, 0.4) is 0 Å². The van der Waals surface area contributed by atoms with Crippen LogP contribution in [0.4, 0.5) is 0 Å². The molecule has 0 atom stereocenters. The molecule has 26 heavy (non-hydrogen) atoms. The van der Waals surface area contributed by atoms with Crippen molar-refractivity contribution in [1.29, 1.82) is 0 Å². The number of benzene rings is 1. The number of thiophene rings is 1. The summed E-state index contributed by atoms with van der Waals surface area (Å²) >= 11 is 1.59. The van der Waals surface area contributed by atoms with E-state index in [4.69, 9.17) is 4.74 Å². The quantitative estimate of drug-likeness (QED) is 0.628. The van der Waals surface area contributed by atoms with E-state index < -0.39 is 10.0 Å². The van der Waals surface area contributed by atoms with Crippen molar-refractivity contribution in [3.63, 3.8) is 0 Å². The van der Waals surface area contributed by atoms with Crippen molar-refractivity contribution in [2.45, 2.75) is 18.7 Å². The predicted octanol–water partition coefficient (Wildman–Crippen LogP) is 3.18. The number of aromatic nitrogens is 2. The standard InChI is InChI=1S/C18H19N3O3S2/c1-13-5-7-17(14(2)12-13)26(22,23)19-9-10-24-18-8-6-15(20-21-18)16-4-3-11-25-16/h3-8,11-12,19H,9-10H2,1-2H3. The van der Waals surface area contributed by atoms with E-state index in [1.807, 2.05) is 36.6 Å². The Balaban J connectivity index is 1.53. The fourth-order valence-corrected chi connectivity index (χ4v) is 4.39. The van der Waals surface area contributed by atoms with Gasteiger partial charge < -0.3 is 4.74 Å². The fourth-order valence-electron chi connectivity index (χ4n) is 2.46. The lowest BCUT2D eigenvalue weighted by Crippen LogP contribution is -2.29. The molecule has 0 spiro atoms. The molecule has 0 radical (unpaired) electrons. The van der Waals surface area contributed by atoms with E-state index in [-0.39, 0.29) is 18.0 Å². The van der Waals surface area contributed by atoms with Crippen molar-refractivity contribution in [2.24, 2.45) is 0 Å². The van der Waals surface area contributed by atoms with Crippen LogP contribution in [0.5, 0.6) is 5.88 Å². The molecule has 3 rings (SSSR count). The molecule has 0 bridgehead atoms. The topological polar surface area (TPSA) is 81.2 Å². The van der Waals surface area contributed by atoms with E-state index in [1.54, 1.807) is 36.5 Å². The lowest BCUT2D eigenvalue weighted by atomic mass is 10.2. The molecule has 0 aliphatic heterocycles. The van der Waals surface area contributed by atoms with Gasteiger partial charge in [0.1, 0.15) is 12.3 Å². The first-order chi connectivity index (χ1) is 12.5. The van der Waals surface area contributed by atoms with Crippen LogP contribution in [0.25, 0.3) is 10.6 Å². The Labute approximate surface area is 156 Å². The molecular weight excluding hydrogens is 370 g/mol. The van der Waals surface area contributed by atoms with Gasteiger partial charge in [-0.25, -0.2) is 13.1 Å². The number of nitrogens with zero attached hydrogens (tertiary/aromatic N) is 2. The molecule has 0 fully saturated rings. The summed E-state index contributed by atoms with van der Waals surface area (Å²) in [6.07, 6.45) is 0. The zero-order valence-electron chi connectivity index (χ0n) is 14.5. The summed E-state index contributed by atoms with van der Waals surface area (Å²) in [5.74, 6) is 0.357. The third-order valence-electron chi connectivity index (χ3n) is 3.68. The molecule has 6 nitrogen and oxygen atoms in total. The lowest BCUT2D eigenvalue weighted by molar-refractivity contribution is 0.307. The minimum atomic E-state index is -3.56. The second-order valence-corrected chi connectivity index (χ2v) is 8.43. The monoisotopic (exact) mass is 389 g/mol. The van der Waals surface area contributed by atoms with Gasteiger partial charge in [-0.3, -0.25) is 0 Å². The molecule has 1 N–H and O–H groups in total. The Morgan fingerprint density at radius 1 is 1.12 bits per heavy atom. The van der Waals surface area contributed by atoms with Gasteiger partial charge in [0, 0.05) is 12.6 Å². The van der Waals surface area contributed by atoms with Gasteiger partial charge in [0.05, 0.1) is 9.77 Å². The highest BCUT2D eigenvalue weighted by atomic mass is 32.2. The van der Waals surface area contributed by atoms with Gasteiger partial charge in [-0.2, -0.15) is 0 Å². The number of rotatable bonds is 7. The molecule has 2 heterocycles. The molecule has 0 aliphatic rings. The van der Waals surface area contributed by atoms with Gasteiger partial charge in [-0.15, -0.1) is 21.5 Å².